The molecule has 23 nitrogen and oxygen atoms in total. The quantitative estimate of drug-likeness (QED) is 0.0484. The fourth-order valence-corrected chi connectivity index (χ4v) is 12.2. The Bertz CT molecular complexity index is 1900. The number of amides is 1. The van der Waals surface area contributed by atoms with Crippen LogP contribution in [-0.2, 0) is 22.4 Å². The number of H-pyrrole nitrogens is 1. The number of aliphatic hydroxyl groups is 8. The molecule has 0 radical (unpaired) electrons. The molecule has 2 saturated heterocycles. The predicted molar refractivity (Wildman–Crippen MR) is 284 cm³/mol. The van der Waals surface area contributed by atoms with Gasteiger partial charge < -0.3 is 61.8 Å². The molecule has 2 fully saturated rings. The number of carbonyl (C=O) groups excluding carboxylic acids is 1. The zero-order valence-electron chi connectivity index (χ0n) is 43.9. The number of aliphatic hydroxyl groups excluding tert-OH is 8. The van der Waals surface area contributed by atoms with E-state index >= 15 is 0 Å². The Kier molecular flexibility index (Phi) is 27.2. The zero-order valence-corrected chi connectivity index (χ0v) is 45.5. The molecule has 0 bridgehead atoms. The number of aromatic amines is 1. The van der Waals surface area contributed by atoms with Gasteiger partial charge in [0.25, 0.3) is 0 Å². The summed E-state index contributed by atoms with van der Waals surface area (Å²) in [6.07, 6.45) is -6.35. The van der Waals surface area contributed by atoms with E-state index in [0.717, 1.165) is 0 Å². The lowest BCUT2D eigenvalue weighted by atomic mass is 9.95. The van der Waals surface area contributed by atoms with Crippen LogP contribution in [0.2, 0.25) is 0 Å². The fourth-order valence-electron chi connectivity index (χ4n) is 9.54. The van der Waals surface area contributed by atoms with Crippen LogP contribution < -0.4 is 43.0 Å². The number of hydrogen-bond donors (Lipinski definition) is 19. The fraction of sp³-hybridized carbons (Fsp3) is 0.776. The van der Waals surface area contributed by atoms with Gasteiger partial charge >= 0.3 is 5.97 Å². The maximum atomic E-state index is 12.4. The molecule has 2 aliphatic rings. The molecule has 1 aromatic heterocycles. The number of carboxylic acid groups (broad SMARTS) is 1. The van der Waals surface area contributed by atoms with Crippen LogP contribution >= 0.6 is 21.6 Å². The number of nitrogens with one attached hydrogen (secondary N) is 8. The van der Waals surface area contributed by atoms with Gasteiger partial charge in [0, 0.05) is 48.3 Å². The third-order valence-corrected chi connectivity index (χ3v) is 16.6. The highest BCUT2D eigenvalue weighted by Crippen LogP contribution is 2.31. The molecule has 0 saturated carbocycles. The van der Waals surface area contributed by atoms with Gasteiger partial charge in [0.15, 0.2) is 0 Å². The number of carboxylic acids is 1. The van der Waals surface area contributed by atoms with Crippen molar-refractivity contribution in [1.82, 2.24) is 52.1 Å². The molecule has 0 aliphatic carbocycles. The number of aromatic nitrogens is 2. The number of phenolic OH excluding ortho intramolecular Hbond substituents is 1. The summed E-state index contributed by atoms with van der Waals surface area (Å²) in [5.41, 5.74) is 6.97. The molecule has 0 spiro atoms. The number of aliphatic carboxylic acids is 1. The van der Waals surface area contributed by atoms with Crippen molar-refractivity contribution in [3.05, 3.63) is 48.0 Å². The maximum absolute atomic E-state index is 12.4. The van der Waals surface area contributed by atoms with E-state index in [1.165, 1.54) is 40.0 Å². The lowest BCUT2D eigenvalue weighted by Gasteiger charge is -2.39. The van der Waals surface area contributed by atoms with E-state index in [9.17, 15) is 60.7 Å². The van der Waals surface area contributed by atoms with Gasteiger partial charge in [-0.25, -0.2) is 4.98 Å². The van der Waals surface area contributed by atoms with E-state index in [1.54, 1.807) is 18.3 Å². The lowest BCUT2D eigenvalue weighted by Crippen LogP contribution is -2.65. The first-order valence-electron chi connectivity index (χ1n) is 26.0. The van der Waals surface area contributed by atoms with Crippen LogP contribution in [0.3, 0.4) is 0 Å². The molecule has 1 amide bonds. The highest BCUT2D eigenvalue weighted by atomic mass is 33.1. The summed E-state index contributed by atoms with van der Waals surface area (Å²) in [5.74, 6) is -1.89. The molecule has 2 aliphatic heterocycles. The Balaban J connectivity index is 1.69. The minimum atomic E-state index is -1.69. The molecule has 1 unspecified atom stereocenters. The van der Waals surface area contributed by atoms with Gasteiger partial charge in [-0.05, 0) is 67.6 Å². The minimum Gasteiger partial charge on any atom is -0.508 e. The average Bonchev–Trinajstić information content (AvgIpc) is 4.05. The summed E-state index contributed by atoms with van der Waals surface area (Å²) < 4.78 is 0. The van der Waals surface area contributed by atoms with Crippen LogP contribution in [0.5, 0.6) is 5.75 Å². The third-order valence-electron chi connectivity index (χ3n) is 13.9. The largest absolute Gasteiger partial charge is 0.508 e. The first-order valence-corrected chi connectivity index (χ1v) is 28.5. The highest BCUT2D eigenvalue weighted by molar-refractivity contribution is 8.76. The summed E-state index contributed by atoms with van der Waals surface area (Å²) in [6.45, 7) is 13.8. The molecule has 424 valence electrons. The molecule has 2 aromatic rings. The first kappa shape index (κ1) is 63.8. The van der Waals surface area contributed by atoms with Crippen molar-refractivity contribution in [2.75, 3.05) is 18.1 Å². The van der Waals surface area contributed by atoms with Crippen molar-refractivity contribution in [3.63, 3.8) is 0 Å². The number of benzene rings is 1. The number of fused-ring (bicyclic) bond motifs is 1. The topological polar surface area (TPSA) is 379 Å². The minimum absolute atomic E-state index is 0.0234. The van der Waals surface area contributed by atoms with Gasteiger partial charge in [0.1, 0.15) is 55.6 Å². The third kappa shape index (κ3) is 20.6. The van der Waals surface area contributed by atoms with Crippen molar-refractivity contribution in [2.24, 2.45) is 29.4 Å². The number of nitrogens with two attached hydrogens (primary N) is 1. The molecule has 20 N–H and O–H groups in total. The van der Waals surface area contributed by atoms with Crippen LogP contribution in [0.15, 0.2) is 36.8 Å². The molecule has 4 rings (SSSR count). The molecular formula is C49H89N11O12S2. The monoisotopic (exact) mass is 1090 g/mol. The number of primary amides is 1. The van der Waals surface area contributed by atoms with Crippen LogP contribution in [0, 0.1) is 23.7 Å². The summed E-state index contributed by atoms with van der Waals surface area (Å²) in [5, 5.41) is 136. The van der Waals surface area contributed by atoms with Crippen molar-refractivity contribution >= 4 is 33.5 Å². The molecule has 25 heteroatoms. The second-order valence-electron chi connectivity index (χ2n) is 21.1. The van der Waals surface area contributed by atoms with Gasteiger partial charge in [0.05, 0.1) is 55.0 Å². The normalized spacial score (nSPS) is 30.5. The highest BCUT2D eigenvalue weighted by Gasteiger charge is 2.40. The van der Waals surface area contributed by atoms with Gasteiger partial charge in [-0.3, -0.25) is 51.7 Å². The van der Waals surface area contributed by atoms with Crippen molar-refractivity contribution in [3.8, 4) is 5.75 Å². The van der Waals surface area contributed by atoms with E-state index in [-0.39, 0.29) is 54.4 Å². The zero-order chi connectivity index (χ0) is 54.8. The van der Waals surface area contributed by atoms with Gasteiger partial charge in [-0.2, -0.15) is 0 Å². The van der Waals surface area contributed by atoms with E-state index in [2.05, 4.69) is 47.2 Å². The Morgan fingerprint density at radius 1 is 0.838 bits per heavy atom. The second kappa shape index (κ2) is 31.6. The van der Waals surface area contributed by atoms with Crippen molar-refractivity contribution in [2.45, 2.75) is 198 Å². The second-order valence-corrected chi connectivity index (χ2v) is 23.6. The van der Waals surface area contributed by atoms with E-state index in [1.807, 2.05) is 53.4 Å². The number of imidazole rings is 1. The number of carbonyl (C=O) groups is 2. The van der Waals surface area contributed by atoms with Crippen LogP contribution in [0.4, 0.5) is 0 Å². The summed E-state index contributed by atoms with van der Waals surface area (Å²) in [7, 11) is 2.79. The Morgan fingerprint density at radius 2 is 1.47 bits per heavy atom. The smallest absolute Gasteiger partial charge is 0.305 e. The van der Waals surface area contributed by atoms with Crippen LogP contribution in [-0.4, -0.2) is 194 Å². The molecule has 1 aromatic carbocycles. The number of aromatic hydroxyl groups is 1. The summed E-state index contributed by atoms with van der Waals surface area (Å²) in [6, 6.07) is -1.26. The standard InChI is InChI=1S/C49H89N11O12S2/c1-8-27(6)40(48(71)53-32(41(50)64)16-25(2)3)59-45(68)35(19-30-21-51-24-52-30)55-46(69)37-23-74-73-22-28(7)49(72)60-15-9-10-38(60)47(70)57-34(18-29-11-13-31(61)14-12-29)43(66)56-36(20-39(62)63)44(67)54-33(17-26(4)5)42(65)58-37/h11-14,21,24-28,32-38,40,42-49,53-59,61,65-72H,8-10,15-20,22-23H2,1-7H3,(H2,50,64)(H,51,52)(H,62,63)/t27?,28-,32-,33-,34-,35-,36-,37-,38-,40-,42-,43+,44+,45-,46+,47-,48+,49+/m0/s1. The molecule has 3 heterocycles. The first-order chi connectivity index (χ1) is 35.0. The Hall–Kier alpha value is -2.77. The Labute approximate surface area is 443 Å². The van der Waals surface area contributed by atoms with Gasteiger partial charge in [0.2, 0.25) is 5.91 Å². The van der Waals surface area contributed by atoms with E-state index in [4.69, 9.17) is 5.73 Å². The molecule has 18 atom stereocenters. The Morgan fingerprint density at radius 3 is 2.08 bits per heavy atom. The summed E-state index contributed by atoms with van der Waals surface area (Å²) >= 11 is 0. The number of hydrogen-bond acceptors (Lipinski definition) is 22. The van der Waals surface area contributed by atoms with Crippen LogP contribution in [0.25, 0.3) is 0 Å². The summed E-state index contributed by atoms with van der Waals surface area (Å²) in [4.78, 5) is 33.7. The maximum Gasteiger partial charge on any atom is 0.305 e. The van der Waals surface area contributed by atoms with Gasteiger partial charge in [-0.1, -0.05) is 88.6 Å². The lowest BCUT2D eigenvalue weighted by molar-refractivity contribution is -0.139. The average molecular weight is 1090 g/mol. The number of nitrogens with zero attached hydrogens (tertiary/aromatic N) is 2. The van der Waals surface area contributed by atoms with Crippen molar-refractivity contribution in [1.29, 1.82) is 0 Å². The van der Waals surface area contributed by atoms with E-state index in [0.29, 0.717) is 49.2 Å². The molecular weight excluding hydrogens is 999 g/mol. The number of phenols is 1. The van der Waals surface area contributed by atoms with Gasteiger partial charge in [-0.15, -0.1) is 0 Å². The van der Waals surface area contributed by atoms with Crippen LogP contribution in [0.1, 0.15) is 98.2 Å². The van der Waals surface area contributed by atoms with Crippen molar-refractivity contribution < 1.29 is 60.7 Å². The number of rotatable bonds is 22. The predicted octanol–water partition coefficient (Wildman–Crippen LogP) is -1.25. The SMILES string of the molecule is CCC(C)[C@H](N[C@@H](O)[C@H](Cc1cnc[nH]1)N[C@H](O)[C@@H]1CSSC[C@H](C)[C@@H](O)N2CCC[C@H]2[C@H](O)N[C@@H](Cc2ccc(O)cc2)[C@@H](O)N[C@@H](CC(=O)O)[C@@H](O)N[C@@H](CC(C)C)[C@H](O)N1)[C@@H](O)N[C@@H](CC(C)C)C(N)=O. The van der Waals surface area contributed by atoms with E-state index < -0.39 is 116 Å². The molecule has 74 heavy (non-hydrogen) atoms.